The van der Waals surface area contributed by atoms with E-state index in [4.69, 9.17) is 4.74 Å². The van der Waals surface area contributed by atoms with Gasteiger partial charge in [-0.2, -0.15) is 0 Å². The predicted molar refractivity (Wildman–Crippen MR) is 65.2 cm³/mol. The summed E-state index contributed by atoms with van der Waals surface area (Å²) in [5.74, 6) is 0.785. The smallest absolute Gasteiger partial charge is 0.133 e. The first-order valence-corrected chi connectivity index (χ1v) is 6.08. The van der Waals surface area contributed by atoms with Gasteiger partial charge in [0, 0.05) is 0 Å². The molecule has 1 aromatic carbocycles. The largest absolute Gasteiger partial charge is 0.490 e. The van der Waals surface area contributed by atoms with E-state index in [0.29, 0.717) is 6.61 Å². The minimum absolute atomic E-state index is 0.364. The number of rotatable bonds is 6. The Hall–Kier alpha value is -0.540. The molecule has 84 valence electrons. The molecule has 3 heteroatoms. The Morgan fingerprint density at radius 2 is 2.13 bits per heavy atom. The van der Waals surface area contributed by atoms with Gasteiger partial charge in [0.25, 0.3) is 0 Å². The molecule has 0 aliphatic carbocycles. The average Bonchev–Trinajstić information content (AvgIpc) is 2.25. The molecule has 0 bridgehead atoms. The zero-order valence-corrected chi connectivity index (χ0v) is 10.5. The van der Waals surface area contributed by atoms with E-state index in [1.165, 1.54) is 0 Å². The van der Waals surface area contributed by atoms with Crippen molar-refractivity contribution in [3.05, 3.63) is 28.7 Å². The molecule has 15 heavy (non-hydrogen) atoms. The predicted octanol–water partition coefficient (Wildman–Crippen LogP) is 3.38. The highest BCUT2D eigenvalue weighted by Gasteiger charge is 2.05. The molecule has 1 rings (SSSR count). The molecule has 0 fully saturated rings. The van der Waals surface area contributed by atoms with Gasteiger partial charge in [0.2, 0.25) is 0 Å². The van der Waals surface area contributed by atoms with Crippen LogP contribution in [0.2, 0.25) is 0 Å². The Morgan fingerprint density at radius 1 is 1.40 bits per heavy atom. The number of para-hydroxylation sites is 1. The highest BCUT2D eigenvalue weighted by atomic mass is 79.9. The van der Waals surface area contributed by atoms with Crippen LogP contribution in [0, 0.1) is 0 Å². The molecule has 0 saturated carbocycles. The second kappa shape index (κ2) is 6.85. The van der Waals surface area contributed by atoms with Crippen LogP contribution in [0.4, 0.5) is 0 Å². The van der Waals surface area contributed by atoms with Crippen molar-refractivity contribution in [1.82, 2.24) is 0 Å². The first-order valence-electron chi connectivity index (χ1n) is 5.29. The molecule has 0 aliphatic heterocycles. The maximum absolute atomic E-state index is 9.59. The Bertz CT molecular complexity index is 289. The lowest BCUT2D eigenvalue weighted by Crippen LogP contribution is -2.17. The minimum atomic E-state index is -0.364. The van der Waals surface area contributed by atoms with Gasteiger partial charge in [-0.05, 0) is 34.5 Å². The normalized spacial score (nSPS) is 12.5. The summed E-state index contributed by atoms with van der Waals surface area (Å²) in [6.07, 6.45) is 2.59. The second-order valence-electron chi connectivity index (χ2n) is 3.54. The molecule has 0 saturated heterocycles. The van der Waals surface area contributed by atoms with Crippen LogP contribution in [-0.2, 0) is 0 Å². The van der Waals surface area contributed by atoms with Gasteiger partial charge in [0.05, 0.1) is 10.6 Å². The summed E-state index contributed by atoms with van der Waals surface area (Å²) >= 11 is 3.39. The third kappa shape index (κ3) is 4.67. The standard InChI is InChI=1S/C12H17BrO2/c1-2-3-6-10(14)9-15-12-8-5-4-7-11(12)13/h4-5,7-8,10,14H,2-3,6,9H2,1H3/t10-/m1/s1. The molecule has 0 spiro atoms. The molecule has 1 atom stereocenters. The Balaban J connectivity index is 2.33. The van der Waals surface area contributed by atoms with Crippen LogP contribution in [-0.4, -0.2) is 17.8 Å². The fourth-order valence-corrected chi connectivity index (χ4v) is 1.67. The van der Waals surface area contributed by atoms with Crippen LogP contribution in [0.3, 0.4) is 0 Å². The molecule has 1 aromatic rings. The van der Waals surface area contributed by atoms with Gasteiger partial charge in [-0.15, -0.1) is 0 Å². The van der Waals surface area contributed by atoms with Crippen molar-refractivity contribution < 1.29 is 9.84 Å². The van der Waals surface area contributed by atoms with Gasteiger partial charge in [0.1, 0.15) is 12.4 Å². The molecule has 0 radical (unpaired) electrons. The first kappa shape index (κ1) is 12.5. The summed E-state index contributed by atoms with van der Waals surface area (Å²) in [6, 6.07) is 7.66. The van der Waals surface area contributed by atoms with Crippen LogP contribution >= 0.6 is 15.9 Å². The average molecular weight is 273 g/mol. The first-order chi connectivity index (χ1) is 7.24. The summed E-state index contributed by atoms with van der Waals surface area (Å²) in [5.41, 5.74) is 0. The van der Waals surface area contributed by atoms with Crippen LogP contribution in [0.15, 0.2) is 28.7 Å². The van der Waals surface area contributed by atoms with Crippen molar-refractivity contribution in [2.24, 2.45) is 0 Å². The molecule has 0 unspecified atom stereocenters. The number of hydrogen-bond acceptors (Lipinski definition) is 2. The number of ether oxygens (including phenoxy) is 1. The molecule has 1 N–H and O–H groups in total. The highest BCUT2D eigenvalue weighted by molar-refractivity contribution is 9.10. The topological polar surface area (TPSA) is 29.5 Å². The number of aliphatic hydroxyl groups is 1. The van der Waals surface area contributed by atoms with E-state index in [-0.39, 0.29) is 6.10 Å². The zero-order chi connectivity index (χ0) is 11.1. The van der Waals surface area contributed by atoms with Crippen LogP contribution < -0.4 is 4.74 Å². The van der Waals surface area contributed by atoms with Gasteiger partial charge in [-0.1, -0.05) is 31.9 Å². The van der Waals surface area contributed by atoms with Crippen molar-refractivity contribution in [2.75, 3.05) is 6.61 Å². The zero-order valence-electron chi connectivity index (χ0n) is 8.95. The van der Waals surface area contributed by atoms with Crippen molar-refractivity contribution in [3.8, 4) is 5.75 Å². The minimum Gasteiger partial charge on any atom is -0.490 e. The SMILES string of the molecule is CCCC[C@@H](O)COc1ccccc1Br. The molecular formula is C12H17BrO2. The fourth-order valence-electron chi connectivity index (χ4n) is 1.27. The lowest BCUT2D eigenvalue weighted by molar-refractivity contribution is 0.0976. The molecule has 0 aromatic heterocycles. The van der Waals surface area contributed by atoms with E-state index in [1.54, 1.807) is 0 Å². The quantitative estimate of drug-likeness (QED) is 0.861. The Labute approximate surface area is 99.4 Å². The van der Waals surface area contributed by atoms with E-state index in [1.807, 2.05) is 24.3 Å². The summed E-state index contributed by atoms with van der Waals surface area (Å²) in [5, 5.41) is 9.59. The Morgan fingerprint density at radius 3 is 2.80 bits per heavy atom. The van der Waals surface area contributed by atoms with Gasteiger partial charge in [0.15, 0.2) is 0 Å². The van der Waals surface area contributed by atoms with E-state index in [0.717, 1.165) is 29.5 Å². The van der Waals surface area contributed by atoms with Crippen molar-refractivity contribution in [1.29, 1.82) is 0 Å². The van der Waals surface area contributed by atoms with Crippen molar-refractivity contribution in [2.45, 2.75) is 32.3 Å². The number of benzene rings is 1. The molecule has 0 amide bonds. The third-order valence-electron chi connectivity index (χ3n) is 2.16. The monoisotopic (exact) mass is 272 g/mol. The summed E-state index contributed by atoms with van der Waals surface area (Å²) in [4.78, 5) is 0. The maximum atomic E-state index is 9.59. The number of aliphatic hydroxyl groups excluding tert-OH is 1. The van der Waals surface area contributed by atoms with E-state index < -0.39 is 0 Å². The van der Waals surface area contributed by atoms with Gasteiger partial charge < -0.3 is 9.84 Å². The lowest BCUT2D eigenvalue weighted by Gasteiger charge is -2.12. The second-order valence-corrected chi connectivity index (χ2v) is 4.39. The van der Waals surface area contributed by atoms with E-state index in [2.05, 4.69) is 22.9 Å². The highest BCUT2D eigenvalue weighted by Crippen LogP contribution is 2.23. The van der Waals surface area contributed by atoms with Crippen LogP contribution in [0.1, 0.15) is 26.2 Å². The van der Waals surface area contributed by atoms with Gasteiger partial charge in [-0.25, -0.2) is 0 Å². The maximum Gasteiger partial charge on any atom is 0.133 e. The number of unbranched alkanes of at least 4 members (excludes halogenated alkanes) is 1. The van der Waals surface area contributed by atoms with E-state index in [9.17, 15) is 5.11 Å². The van der Waals surface area contributed by atoms with Crippen LogP contribution in [0.25, 0.3) is 0 Å². The summed E-state index contributed by atoms with van der Waals surface area (Å²) < 4.78 is 6.42. The van der Waals surface area contributed by atoms with Gasteiger partial charge in [-0.3, -0.25) is 0 Å². The number of halogens is 1. The lowest BCUT2D eigenvalue weighted by atomic mass is 10.2. The molecule has 0 aliphatic rings. The molecule has 2 nitrogen and oxygen atoms in total. The fraction of sp³-hybridized carbons (Fsp3) is 0.500. The van der Waals surface area contributed by atoms with Gasteiger partial charge >= 0.3 is 0 Å². The van der Waals surface area contributed by atoms with E-state index >= 15 is 0 Å². The molecular weight excluding hydrogens is 256 g/mol. The number of hydrogen-bond donors (Lipinski definition) is 1. The summed E-state index contributed by atoms with van der Waals surface area (Å²) in [6.45, 7) is 2.48. The summed E-state index contributed by atoms with van der Waals surface area (Å²) in [7, 11) is 0. The third-order valence-corrected chi connectivity index (χ3v) is 2.81. The van der Waals surface area contributed by atoms with Crippen molar-refractivity contribution in [3.63, 3.8) is 0 Å². The molecule has 0 heterocycles. The van der Waals surface area contributed by atoms with Crippen molar-refractivity contribution >= 4 is 15.9 Å². The van der Waals surface area contributed by atoms with Crippen LogP contribution in [0.5, 0.6) is 5.75 Å². The Kier molecular flexibility index (Phi) is 5.73.